The molecule has 0 aliphatic heterocycles. The van der Waals surface area contributed by atoms with Crippen LogP contribution in [0.15, 0.2) is 195 Å². The predicted octanol–water partition coefficient (Wildman–Crippen LogP) is 13.9. The van der Waals surface area contributed by atoms with E-state index in [0.717, 1.165) is 50.6 Å². The number of hydrogen-bond donors (Lipinski definition) is 0. The first-order valence-electron chi connectivity index (χ1n) is 19.8. The van der Waals surface area contributed by atoms with E-state index in [-0.39, 0.29) is 5.92 Å². The Balaban J connectivity index is 1.09. The molecular formula is C54H44N4. The van der Waals surface area contributed by atoms with Crippen molar-refractivity contribution in [3.8, 4) is 45.0 Å². The molecular weight excluding hydrogens is 705 g/mol. The molecule has 58 heavy (non-hydrogen) atoms. The standard InChI is InChI=1S/C54H44N4/c1-5-39(13-10-37(2)3)44-22-29-54-50(34-44)49-27-20-43(40-14-11-38(4)12-15-40)21-28-53(49)58(54)48-25-18-42(19-26-48)41-16-23-47(24-17-41)57-51(45-8-6-32-55-35-45)30-31-52(57)46-9-7-33-56-36-46/h5-36,43H,2H2,1,3-4H3/b13-10-,39-5?. The van der Waals surface area contributed by atoms with Gasteiger partial charge in [0.15, 0.2) is 0 Å². The fourth-order valence-electron chi connectivity index (χ4n) is 7.99. The second kappa shape index (κ2) is 15.7. The van der Waals surface area contributed by atoms with Gasteiger partial charge >= 0.3 is 0 Å². The number of fused-ring (bicyclic) bond motifs is 3. The average Bonchev–Trinajstić information content (AvgIpc) is 3.77. The van der Waals surface area contributed by atoms with Gasteiger partial charge in [0.25, 0.3) is 0 Å². The number of hydrogen-bond acceptors (Lipinski definition) is 2. The van der Waals surface area contributed by atoms with Crippen molar-refractivity contribution in [1.82, 2.24) is 19.1 Å². The first kappa shape index (κ1) is 36.3. The molecule has 280 valence electrons. The Hall–Kier alpha value is -7.30. The van der Waals surface area contributed by atoms with Gasteiger partial charge in [-0.2, -0.15) is 0 Å². The third-order valence-electron chi connectivity index (χ3n) is 11.0. The number of pyridine rings is 2. The van der Waals surface area contributed by atoms with Crippen molar-refractivity contribution in [3.05, 3.63) is 223 Å². The highest BCUT2D eigenvalue weighted by molar-refractivity contribution is 5.98. The van der Waals surface area contributed by atoms with Crippen LogP contribution in [0.4, 0.5) is 0 Å². The van der Waals surface area contributed by atoms with Crippen molar-refractivity contribution in [2.24, 2.45) is 0 Å². The van der Waals surface area contributed by atoms with Gasteiger partial charge in [0, 0.05) is 64.2 Å². The lowest BCUT2D eigenvalue weighted by Crippen LogP contribution is -2.00. The molecule has 4 aromatic heterocycles. The number of rotatable bonds is 9. The van der Waals surface area contributed by atoms with Crippen molar-refractivity contribution < 1.29 is 0 Å². The first-order chi connectivity index (χ1) is 28.4. The van der Waals surface area contributed by atoms with Gasteiger partial charge in [-0.3, -0.25) is 9.97 Å². The minimum absolute atomic E-state index is 0.182. The lowest BCUT2D eigenvalue weighted by Gasteiger charge is -2.15. The number of aryl methyl sites for hydroxylation is 1. The smallest absolute Gasteiger partial charge is 0.0550 e. The summed E-state index contributed by atoms with van der Waals surface area (Å²) in [5.74, 6) is 0.182. The molecule has 0 fully saturated rings. The molecule has 0 saturated heterocycles. The fraction of sp³-hybridized carbons (Fsp3) is 0.0741. The highest BCUT2D eigenvalue weighted by Crippen LogP contribution is 2.38. The second-order valence-electron chi connectivity index (χ2n) is 15.0. The molecule has 4 aromatic carbocycles. The average molecular weight is 749 g/mol. The number of aromatic nitrogens is 4. The molecule has 1 aliphatic rings. The van der Waals surface area contributed by atoms with Crippen LogP contribution >= 0.6 is 0 Å². The largest absolute Gasteiger partial charge is 0.309 e. The lowest BCUT2D eigenvalue weighted by atomic mass is 9.97. The van der Waals surface area contributed by atoms with Crippen molar-refractivity contribution in [2.45, 2.75) is 26.7 Å². The molecule has 1 aliphatic carbocycles. The topological polar surface area (TPSA) is 35.6 Å². The summed E-state index contributed by atoms with van der Waals surface area (Å²) >= 11 is 0. The van der Waals surface area contributed by atoms with E-state index in [1.54, 1.807) is 0 Å². The molecule has 0 spiro atoms. The Labute approximate surface area is 340 Å². The van der Waals surface area contributed by atoms with E-state index >= 15 is 0 Å². The van der Waals surface area contributed by atoms with Gasteiger partial charge in [-0.1, -0.05) is 109 Å². The molecule has 4 heterocycles. The monoisotopic (exact) mass is 748 g/mol. The molecule has 0 saturated carbocycles. The maximum Gasteiger partial charge on any atom is 0.0550 e. The molecule has 0 N–H and O–H groups in total. The highest BCUT2D eigenvalue weighted by Gasteiger charge is 2.20. The number of nitrogens with zero attached hydrogens (tertiary/aromatic N) is 4. The zero-order chi connectivity index (χ0) is 39.6. The quantitative estimate of drug-likeness (QED) is 0.138. The Bertz CT molecular complexity index is 2820. The Morgan fingerprint density at radius 2 is 1.24 bits per heavy atom. The maximum atomic E-state index is 4.41. The van der Waals surface area contributed by atoms with Crippen LogP contribution in [0.2, 0.25) is 0 Å². The van der Waals surface area contributed by atoms with Crippen molar-refractivity contribution >= 4 is 28.6 Å². The van der Waals surface area contributed by atoms with E-state index in [4.69, 9.17) is 0 Å². The second-order valence-corrected chi connectivity index (χ2v) is 15.0. The van der Waals surface area contributed by atoms with Crippen molar-refractivity contribution in [2.75, 3.05) is 0 Å². The van der Waals surface area contributed by atoms with Crippen LogP contribution in [0.1, 0.15) is 47.7 Å². The van der Waals surface area contributed by atoms with E-state index in [0.29, 0.717) is 0 Å². The van der Waals surface area contributed by atoms with Crippen LogP contribution in [0.5, 0.6) is 0 Å². The first-order valence-corrected chi connectivity index (χ1v) is 19.8. The summed E-state index contributed by atoms with van der Waals surface area (Å²) in [6.45, 7) is 10.3. The highest BCUT2D eigenvalue weighted by atomic mass is 15.0. The van der Waals surface area contributed by atoms with E-state index < -0.39 is 0 Å². The molecule has 4 nitrogen and oxygen atoms in total. The van der Waals surface area contributed by atoms with E-state index in [1.807, 2.05) is 43.8 Å². The van der Waals surface area contributed by atoms with Crippen LogP contribution in [0.3, 0.4) is 0 Å². The Morgan fingerprint density at radius 1 is 0.638 bits per heavy atom. The fourth-order valence-corrected chi connectivity index (χ4v) is 7.99. The van der Waals surface area contributed by atoms with Crippen molar-refractivity contribution in [3.63, 3.8) is 0 Å². The summed E-state index contributed by atoms with van der Waals surface area (Å²) in [4.78, 5) is 8.81. The van der Waals surface area contributed by atoms with Gasteiger partial charge in [0.2, 0.25) is 0 Å². The van der Waals surface area contributed by atoms with Crippen LogP contribution in [-0.2, 0) is 0 Å². The summed E-state index contributed by atoms with van der Waals surface area (Å²) in [5, 5.41) is 1.22. The van der Waals surface area contributed by atoms with Crippen molar-refractivity contribution in [1.29, 1.82) is 0 Å². The maximum absolute atomic E-state index is 4.41. The minimum atomic E-state index is 0.182. The van der Waals surface area contributed by atoms with Gasteiger partial charge < -0.3 is 9.13 Å². The summed E-state index contributed by atoms with van der Waals surface area (Å²) in [6, 6.07) is 46.0. The van der Waals surface area contributed by atoms with E-state index in [2.05, 4.69) is 197 Å². The van der Waals surface area contributed by atoms with Gasteiger partial charge in [0.1, 0.15) is 0 Å². The third kappa shape index (κ3) is 7.01. The zero-order valence-corrected chi connectivity index (χ0v) is 33.0. The SMILES string of the molecule is C=C(C)/C=C\C(=CC)c1ccc2c(c1)c1c(n2-c2ccc(-c3ccc(-n4c(-c5cccnc5)ccc4-c4cccnc4)cc3)cc2)C=CC(c2ccc(C)cc2)C=C1. The molecule has 0 radical (unpaired) electrons. The molecule has 0 bridgehead atoms. The Morgan fingerprint density at radius 3 is 1.81 bits per heavy atom. The number of benzene rings is 4. The van der Waals surface area contributed by atoms with Gasteiger partial charge in [0.05, 0.1) is 22.6 Å². The summed E-state index contributed by atoms with van der Waals surface area (Å²) in [7, 11) is 0. The molecule has 4 heteroatoms. The lowest BCUT2D eigenvalue weighted by molar-refractivity contribution is 1.08. The summed E-state index contributed by atoms with van der Waals surface area (Å²) < 4.78 is 4.70. The molecule has 1 unspecified atom stereocenters. The molecule has 8 aromatic rings. The zero-order valence-electron chi connectivity index (χ0n) is 33.0. The minimum Gasteiger partial charge on any atom is -0.309 e. The van der Waals surface area contributed by atoms with Crippen LogP contribution < -0.4 is 0 Å². The molecule has 0 amide bonds. The van der Waals surface area contributed by atoms with Crippen LogP contribution in [-0.4, -0.2) is 19.1 Å². The molecule has 1 atom stereocenters. The summed E-state index contributed by atoms with van der Waals surface area (Å²) in [5.41, 5.74) is 18.3. The normalized spacial score (nSPS) is 13.9. The van der Waals surface area contributed by atoms with Crippen LogP contribution in [0, 0.1) is 6.92 Å². The predicted molar refractivity (Wildman–Crippen MR) is 244 cm³/mol. The number of allylic oxidation sites excluding steroid dienone is 7. The van der Waals surface area contributed by atoms with E-state index in [9.17, 15) is 0 Å². The van der Waals surface area contributed by atoms with Gasteiger partial charge in [-0.05, 0) is 127 Å². The van der Waals surface area contributed by atoms with Gasteiger partial charge in [-0.15, -0.1) is 0 Å². The Kier molecular flexibility index (Phi) is 9.83. The molecule has 9 rings (SSSR count). The van der Waals surface area contributed by atoms with Crippen LogP contribution in [0.25, 0.3) is 73.6 Å². The van der Waals surface area contributed by atoms with Gasteiger partial charge in [-0.25, -0.2) is 0 Å². The third-order valence-corrected chi connectivity index (χ3v) is 11.0. The summed E-state index contributed by atoms with van der Waals surface area (Å²) in [6.07, 6.45) is 23.1. The van der Waals surface area contributed by atoms with E-state index in [1.165, 1.54) is 44.4 Å².